The number of halogens is 1. The summed E-state index contributed by atoms with van der Waals surface area (Å²) in [6.45, 7) is 6.52. The van der Waals surface area contributed by atoms with Gasteiger partial charge in [0, 0.05) is 21.2 Å². The summed E-state index contributed by atoms with van der Waals surface area (Å²) in [7, 11) is 0. The minimum atomic E-state index is 0.515. The van der Waals surface area contributed by atoms with E-state index in [1.54, 1.807) is 17.7 Å². The van der Waals surface area contributed by atoms with Gasteiger partial charge in [0.2, 0.25) is 0 Å². The highest BCUT2D eigenvalue weighted by Gasteiger charge is 2.17. The lowest BCUT2D eigenvalue weighted by molar-refractivity contribution is 0.867. The maximum Gasteiger partial charge on any atom is 0.143 e. The van der Waals surface area contributed by atoms with E-state index in [-0.39, 0.29) is 0 Å². The fraction of sp³-hybridized carbons (Fsp3) is 0.182. The van der Waals surface area contributed by atoms with Gasteiger partial charge in [-0.2, -0.15) is 0 Å². The second kappa shape index (κ2) is 7.29. The minimum Gasteiger partial charge on any atom is -0.340 e. The van der Waals surface area contributed by atoms with E-state index in [1.165, 1.54) is 10.4 Å². The summed E-state index contributed by atoms with van der Waals surface area (Å²) >= 11 is 7.75. The van der Waals surface area contributed by atoms with E-state index in [9.17, 15) is 0 Å². The monoisotopic (exact) mass is 393 g/mol. The summed E-state index contributed by atoms with van der Waals surface area (Å²) < 4.78 is 0. The van der Waals surface area contributed by atoms with Crippen LogP contribution in [0.2, 0.25) is 5.02 Å². The molecule has 5 heteroatoms. The fourth-order valence-electron chi connectivity index (χ4n) is 3.19. The summed E-state index contributed by atoms with van der Waals surface area (Å²) in [5, 5.41) is 5.26. The molecule has 2 aromatic carbocycles. The Bertz CT molecular complexity index is 1080. The van der Waals surface area contributed by atoms with E-state index >= 15 is 0 Å². The third kappa shape index (κ3) is 3.55. The smallest absolute Gasteiger partial charge is 0.143 e. The third-order valence-electron chi connectivity index (χ3n) is 4.64. The van der Waals surface area contributed by atoms with Gasteiger partial charge in [-0.05, 0) is 48.2 Å². The minimum absolute atomic E-state index is 0.515. The zero-order valence-corrected chi connectivity index (χ0v) is 17.0. The predicted molar refractivity (Wildman–Crippen MR) is 116 cm³/mol. The molecule has 0 saturated heterocycles. The second-order valence-electron chi connectivity index (χ2n) is 6.84. The topological polar surface area (TPSA) is 37.8 Å². The lowest BCUT2D eigenvalue weighted by atomic mass is 10.0. The van der Waals surface area contributed by atoms with E-state index in [4.69, 9.17) is 11.6 Å². The SMILES string of the molecule is Cc1sc2ncnc(Nc3ccc(C(C)C)cc3)c2c1-c1ccc(Cl)cc1. The number of nitrogens with zero attached hydrogens (tertiary/aromatic N) is 2. The van der Waals surface area contributed by atoms with Gasteiger partial charge in [0.25, 0.3) is 0 Å². The molecular formula is C22H20ClN3S. The molecule has 0 bridgehead atoms. The van der Waals surface area contributed by atoms with Crippen molar-refractivity contribution in [1.82, 2.24) is 9.97 Å². The van der Waals surface area contributed by atoms with Crippen LogP contribution in [-0.2, 0) is 0 Å². The van der Waals surface area contributed by atoms with Crippen molar-refractivity contribution in [1.29, 1.82) is 0 Å². The molecule has 0 amide bonds. The quantitative estimate of drug-likeness (QED) is 0.398. The van der Waals surface area contributed by atoms with Gasteiger partial charge in [0.15, 0.2) is 0 Å². The molecule has 3 nitrogen and oxygen atoms in total. The first-order chi connectivity index (χ1) is 13.0. The van der Waals surface area contributed by atoms with E-state index in [0.29, 0.717) is 5.92 Å². The van der Waals surface area contributed by atoms with Crippen LogP contribution < -0.4 is 5.32 Å². The first-order valence-corrected chi connectivity index (χ1v) is 10.1. The molecule has 2 heterocycles. The lowest BCUT2D eigenvalue weighted by Crippen LogP contribution is -1.96. The number of nitrogens with one attached hydrogen (secondary N) is 1. The van der Waals surface area contributed by atoms with Crippen molar-refractivity contribution in [3.63, 3.8) is 0 Å². The molecule has 2 aromatic heterocycles. The maximum absolute atomic E-state index is 6.07. The van der Waals surface area contributed by atoms with Crippen LogP contribution in [0.4, 0.5) is 11.5 Å². The highest BCUT2D eigenvalue weighted by atomic mass is 35.5. The molecule has 136 valence electrons. The molecule has 0 aliphatic rings. The van der Waals surface area contributed by atoms with Gasteiger partial charge in [-0.25, -0.2) is 9.97 Å². The van der Waals surface area contributed by atoms with Gasteiger partial charge >= 0.3 is 0 Å². The number of thiophene rings is 1. The van der Waals surface area contributed by atoms with E-state index in [0.717, 1.165) is 37.9 Å². The first kappa shape index (κ1) is 18.0. The summed E-state index contributed by atoms with van der Waals surface area (Å²) in [5.74, 6) is 1.34. The first-order valence-electron chi connectivity index (χ1n) is 8.90. The van der Waals surface area contributed by atoms with Gasteiger partial charge in [0.1, 0.15) is 17.0 Å². The zero-order chi connectivity index (χ0) is 19.0. The Morgan fingerprint density at radius 1 is 0.963 bits per heavy atom. The number of hydrogen-bond donors (Lipinski definition) is 1. The van der Waals surface area contributed by atoms with Gasteiger partial charge in [-0.3, -0.25) is 0 Å². The van der Waals surface area contributed by atoms with Crippen LogP contribution in [0.25, 0.3) is 21.3 Å². The van der Waals surface area contributed by atoms with Crippen LogP contribution in [0.1, 0.15) is 30.2 Å². The highest BCUT2D eigenvalue weighted by molar-refractivity contribution is 7.19. The lowest BCUT2D eigenvalue weighted by Gasteiger charge is -2.11. The Kier molecular flexibility index (Phi) is 4.85. The van der Waals surface area contributed by atoms with Gasteiger partial charge in [-0.1, -0.05) is 49.7 Å². The van der Waals surface area contributed by atoms with Crippen molar-refractivity contribution in [3.05, 3.63) is 70.3 Å². The van der Waals surface area contributed by atoms with Crippen LogP contribution in [0.3, 0.4) is 0 Å². The summed E-state index contributed by atoms with van der Waals surface area (Å²) in [4.78, 5) is 11.2. The Balaban J connectivity index is 1.80. The van der Waals surface area contributed by atoms with Crippen molar-refractivity contribution < 1.29 is 0 Å². The molecule has 0 radical (unpaired) electrons. The van der Waals surface area contributed by atoms with Crippen LogP contribution >= 0.6 is 22.9 Å². The molecule has 0 aliphatic heterocycles. The molecule has 0 spiro atoms. The largest absolute Gasteiger partial charge is 0.340 e. The molecule has 4 rings (SSSR count). The van der Waals surface area contributed by atoms with Crippen LogP contribution in [0, 0.1) is 6.92 Å². The predicted octanol–water partition coefficient (Wildman–Crippen LogP) is 7.19. The molecule has 4 aromatic rings. The number of aromatic nitrogens is 2. The highest BCUT2D eigenvalue weighted by Crippen LogP contribution is 2.41. The Morgan fingerprint density at radius 2 is 1.67 bits per heavy atom. The van der Waals surface area contributed by atoms with E-state index < -0.39 is 0 Å². The standard InChI is InChI=1S/C22H20ClN3S/c1-13(2)15-6-10-18(11-7-15)26-21-20-19(16-4-8-17(23)9-5-16)14(3)27-22(20)25-12-24-21/h4-13H,1-3H3,(H,24,25,26). The van der Waals surface area contributed by atoms with Crippen LogP contribution in [0.15, 0.2) is 54.9 Å². The molecule has 0 aliphatic carbocycles. The molecule has 1 N–H and O–H groups in total. The number of aryl methyl sites for hydroxylation is 1. The van der Waals surface area contributed by atoms with Crippen LogP contribution in [0.5, 0.6) is 0 Å². The Morgan fingerprint density at radius 3 is 2.33 bits per heavy atom. The number of hydrogen-bond acceptors (Lipinski definition) is 4. The van der Waals surface area contributed by atoms with E-state index in [2.05, 4.69) is 60.3 Å². The molecule has 0 saturated carbocycles. The Hall–Kier alpha value is -2.43. The van der Waals surface area contributed by atoms with Crippen molar-refractivity contribution in [2.75, 3.05) is 5.32 Å². The van der Waals surface area contributed by atoms with E-state index in [1.807, 2.05) is 24.3 Å². The molecule has 0 fully saturated rings. The fourth-order valence-corrected chi connectivity index (χ4v) is 4.33. The number of benzene rings is 2. The summed E-state index contributed by atoms with van der Waals surface area (Å²) in [6.07, 6.45) is 1.62. The normalized spacial score (nSPS) is 11.3. The number of anilines is 2. The molecule has 0 unspecified atom stereocenters. The summed E-state index contributed by atoms with van der Waals surface area (Å²) in [6, 6.07) is 16.4. The Labute approximate surface area is 168 Å². The summed E-state index contributed by atoms with van der Waals surface area (Å²) in [5.41, 5.74) is 4.62. The maximum atomic E-state index is 6.07. The molecule has 0 atom stereocenters. The van der Waals surface area contributed by atoms with Gasteiger partial charge in [-0.15, -0.1) is 11.3 Å². The average molecular weight is 394 g/mol. The third-order valence-corrected chi connectivity index (χ3v) is 5.90. The van der Waals surface area contributed by atoms with Crippen molar-refractivity contribution in [2.24, 2.45) is 0 Å². The number of rotatable bonds is 4. The molecular weight excluding hydrogens is 374 g/mol. The van der Waals surface area contributed by atoms with Crippen molar-refractivity contribution in [3.8, 4) is 11.1 Å². The molecule has 27 heavy (non-hydrogen) atoms. The van der Waals surface area contributed by atoms with Gasteiger partial charge < -0.3 is 5.32 Å². The average Bonchev–Trinajstić information content (AvgIpc) is 3.00. The van der Waals surface area contributed by atoms with Gasteiger partial charge in [0.05, 0.1) is 5.39 Å². The zero-order valence-electron chi connectivity index (χ0n) is 15.5. The van der Waals surface area contributed by atoms with Crippen LogP contribution in [-0.4, -0.2) is 9.97 Å². The second-order valence-corrected chi connectivity index (χ2v) is 8.48. The van der Waals surface area contributed by atoms with Crippen molar-refractivity contribution in [2.45, 2.75) is 26.7 Å². The van der Waals surface area contributed by atoms with Crippen molar-refractivity contribution >= 4 is 44.7 Å². The number of fused-ring (bicyclic) bond motifs is 1.